The summed E-state index contributed by atoms with van der Waals surface area (Å²) in [5.41, 5.74) is 3.04. The zero-order chi connectivity index (χ0) is 19.3. The van der Waals surface area contributed by atoms with E-state index in [2.05, 4.69) is 47.6 Å². The lowest BCUT2D eigenvalue weighted by atomic mass is 9.78. The van der Waals surface area contributed by atoms with Crippen LogP contribution in [-0.2, 0) is 9.22 Å². The molecule has 0 aromatic heterocycles. The Bertz CT molecular complexity index is 688. The van der Waals surface area contributed by atoms with Crippen LogP contribution in [0.3, 0.4) is 0 Å². The van der Waals surface area contributed by atoms with Gasteiger partial charge in [0.15, 0.2) is 5.78 Å². The highest BCUT2D eigenvalue weighted by atomic mass is 28.4. The molecule has 3 rings (SSSR count). The van der Waals surface area contributed by atoms with Gasteiger partial charge in [0.25, 0.3) is 8.32 Å². The maximum atomic E-state index is 12.7. The fourth-order valence-corrected chi connectivity index (χ4v) is 11.4. The molecule has 1 saturated carbocycles. The number of allylic oxidation sites excluding steroid dienone is 4. The van der Waals surface area contributed by atoms with Crippen LogP contribution in [0, 0.1) is 22.7 Å². The van der Waals surface area contributed by atoms with Gasteiger partial charge in [-0.2, -0.15) is 5.26 Å². The van der Waals surface area contributed by atoms with E-state index in [1.165, 1.54) is 0 Å². The number of carbonyl (C=O) groups is 1. The Hall–Kier alpha value is -1.34. The number of nitriles is 1. The van der Waals surface area contributed by atoms with Crippen LogP contribution in [0.25, 0.3) is 0 Å². The van der Waals surface area contributed by atoms with Crippen LogP contribution >= 0.6 is 0 Å². The van der Waals surface area contributed by atoms with Crippen molar-refractivity contribution < 1.29 is 9.22 Å². The van der Waals surface area contributed by atoms with Crippen LogP contribution in [0.4, 0.5) is 0 Å². The zero-order valence-corrected chi connectivity index (χ0v) is 18.2. The van der Waals surface area contributed by atoms with Crippen LogP contribution in [-0.4, -0.2) is 14.1 Å². The molecule has 3 aliphatic carbocycles. The molecule has 3 nitrogen and oxygen atoms in total. The highest BCUT2D eigenvalue weighted by Crippen LogP contribution is 2.57. The summed E-state index contributed by atoms with van der Waals surface area (Å²) < 4.78 is 6.90. The van der Waals surface area contributed by atoms with Crippen molar-refractivity contribution in [1.82, 2.24) is 0 Å². The first-order valence-corrected chi connectivity index (χ1v) is 12.4. The Morgan fingerprint density at radius 1 is 1.15 bits per heavy atom. The zero-order valence-electron chi connectivity index (χ0n) is 17.2. The normalized spacial score (nSPS) is 28.5. The Morgan fingerprint density at radius 2 is 1.77 bits per heavy atom. The van der Waals surface area contributed by atoms with Crippen LogP contribution < -0.4 is 0 Å². The number of Topliss-reactive ketones (excluding diaryl/α,β-unsaturated/α-hetero) is 1. The van der Waals surface area contributed by atoms with Gasteiger partial charge in [0.2, 0.25) is 0 Å². The van der Waals surface area contributed by atoms with Gasteiger partial charge in [-0.3, -0.25) is 4.79 Å². The van der Waals surface area contributed by atoms with Crippen molar-refractivity contribution in [1.29, 1.82) is 5.26 Å². The van der Waals surface area contributed by atoms with Crippen molar-refractivity contribution in [2.24, 2.45) is 11.3 Å². The van der Waals surface area contributed by atoms with Gasteiger partial charge in [-0.15, -0.1) is 0 Å². The fourth-order valence-electron chi connectivity index (χ4n) is 6.08. The number of rotatable bonds is 5. The van der Waals surface area contributed by atoms with Crippen molar-refractivity contribution in [3.05, 3.63) is 23.0 Å². The van der Waals surface area contributed by atoms with Gasteiger partial charge in [0.1, 0.15) is 0 Å². The second kappa shape index (κ2) is 6.67. The van der Waals surface area contributed by atoms with E-state index in [1.54, 1.807) is 0 Å². The van der Waals surface area contributed by atoms with Crippen molar-refractivity contribution in [2.45, 2.75) is 90.3 Å². The number of nitrogens with zero attached hydrogens (tertiary/aromatic N) is 1. The molecule has 3 aliphatic rings. The van der Waals surface area contributed by atoms with Crippen LogP contribution in [0.15, 0.2) is 23.0 Å². The van der Waals surface area contributed by atoms with E-state index in [0.29, 0.717) is 29.0 Å². The van der Waals surface area contributed by atoms with E-state index >= 15 is 0 Å². The molecular formula is C22H33NO2Si. The third kappa shape index (κ3) is 2.71. The Kier molecular flexibility index (Phi) is 4.98. The fraction of sp³-hybridized carbons (Fsp3) is 0.727. The first kappa shape index (κ1) is 19.4. The molecule has 0 unspecified atom stereocenters. The largest absolute Gasteiger partial charge is 0.546 e. The Morgan fingerprint density at radius 3 is 2.31 bits per heavy atom. The number of hydrogen-bond donors (Lipinski definition) is 0. The van der Waals surface area contributed by atoms with E-state index in [1.807, 2.05) is 6.08 Å². The lowest BCUT2D eigenvalue weighted by Gasteiger charge is -2.43. The van der Waals surface area contributed by atoms with Gasteiger partial charge < -0.3 is 4.43 Å². The second-order valence-electron chi connectivity index (χ2n) is 9.41. The molecule has 0 radical (unpaired) electrons. The summed E-state index contributed by atoms with van der Waals surface area (Å²) in [5.74, 6) is 1.49. The number of carbonyl (C=O) groups excluding carboxylic acids is 1. The molecule has 2 atom stereocenters. The molecule has 0 spiro atoms. The predicted octanol–water partition coefficient (Wildman–Crippen LogP) is 6.05. The number of hydrogen-bond acceptors (Lipinski definition) is 3. The van der Waals surface area contributed by atoms with E-state index in [9.17, 15) is 10.1 Å². The lowest BCUT2D eigenvalue weighted by Crippen LogP contribution is -2.47. The molecule has 0 aromatic rings. The summed E-state index contributed by atoms with van der Waals surface area (Å²) in [6, 6.07) is 2.60. The average Bonchev–Trinajstić information content (AvgIpc) is 3.00. The standard InChI is InChI=1S/C22H33NO2Si/c1-14(2)26(15(3)4,16(5)6)25-18-8-10-22(13-23)9-7-17-11-20(24)19(12-18)21(17)22/h12,14-17H,7-11H2,1-6H3/t17-,22-/m1/s1. The van der Waals surface area contributed by atoms with Crippen LogP contribution in [0.5, 0.6) is 0 Å². The SMILES string of the molecule is CC(C)[Si](OC1=CC2=C3[C@H](CC[C@]3(C#N)CC1)CC2=O)(C(C)C)C(C)C. The molecule has 0 aromatic carbocycles. The van der Waals surface area contributed by atoms with E-state index in [-0.39, 0.29) is 5.78 Å². The summed E-state index contributed by atoms with van der Waals surface area (Å²) >= 11 is 0. The van der Waals surface area contributed by atoms with Crippen molar-refractivity contribution in [3.8, 4) is 6.07 Å². The van der Waals surface area contributed by atoms with E-state index < -0.39 is 13.7 Å². The second-order valence-corrected chi connectivity index (χ2v) is 14.8. The van der Waals surface area contributed by atoms with Gasteiger partial charge in [-0.25, -0.2) is 0 Å². The minimum Gasteiger partial charge on any atom is -0.546 e. The average molecular weight is 372 g/mol. The maximum Gasteiger partial charge on any atom is 0.258 e. The van der Waals surface area contributed by atoms with Gasteiger partial charge in [0.05, 0.1) is 17.2 Å². The smallest absolute Gasteiger partial charge is 0.258 e. The van der Waals surface area contributed by atoms with Crippen LogP contribution in [0.2, 0.25) is 16.6 Å². The molecule has 0 amide bonds. The number of ketones is 1. The third-order valence-electron chi connectivity index (χ3n) is 7.20. The van der Waals surface area contributed by atoms with Crippen molar-refractivity contribution >= 4 is 14.1 Å². The molecule has 1 fully saturated rings. The Balaban J connectivity index is 2.02. The van der Waals surface area contributed by atoms with Crippen LogP contribution in [0.1, 0.15) is 73.6 Å². The van der Waals surface area contributed by atoms with Gasteiger partial charge in [-0.05, 0) is 53.5 Å². The summed E-state index contributed by atoms with van der Waals surface area (Å²) in [6.07, 6.45) is 6.11. The monoisotopic (exact) mass is 371 g/mol. The van der Waals surface area contributed by atoms with Gasteiger partial charge >= 0.3 is 0 Å². The summed E-state index contributed by atoms with van der Waals surface area (Å²) in [4.78, 5) is 12.7. The summed E-state index contributed by atoms with van der Waals surface area (Å²) in [5, 5.41) is 9.96. The minimum atomic E-state index is -2.04. The molecule has 0 aliphatic heterocycles. The highest BCUT2D eigenvalue weighted by molar-refractivity contribution is 6.77. The molecule has 0 saturated heterocycles. The molecule has 0 heterocycles. The summed E-state index contributed by atoms with van der Waals surface area (Å²) in [7, 11) is -2.04. The molecule has 0 bridgehead atoms. The highest BCUT2D eigenvalue weighted by Gasteiger charge is 2.52. The predicted molar refractivity (Wildman–Crippen MR) is 107 cm³/mol. The van der Waals surface area contributed by atoms with Gasteiger partial charge in [0, 0.05) is 18.4 Å². The minimum absolute atomic E-state index is 0.221. The Labute approximate surface area is 159 Å². The quantitative estimate of drug-likeness (QED) is 0.553. The van der Waals surface area contributed by atoms with E-state index in [0.717, 1.165) is 42.6 Å². The molecular weight excluding hydrogens is 338 g/mol. The van der Waals surface area contributed by atoms with Crippen molar-refractivity contribution in [2.75, 3.05) is 0 Å². The maximum absolute atomic E-state index is 12.7. The summed E-state index contributed by atoms with van der Waals surface area (Å²) in [6.45, 7) is 13.7. The molecule has 0 N–H and O–H groups in total. The topological polar surface area (TPSA) is 50.1 Å². The van der Waals surface area contributed by atoms with E-state index in [4.69, 9.17) is 4.43 Å². The molecule has 4 heteroatoms. The molecule has 26 heavy (non-hydrogen) atoms. The third-order valence-corrected chi connectivity index (χ3v) is 13.2. The van der Waals surface area contributed by atoms with Gasteiger partial charge in [-0.1, -0.05) is 41.5 Å². The van der Waals surface area contributed by atoms with Crippen molar-refractivity contribution in [3.63, 3.8) is 0 Å². The first-order valence-electron chi connectivity index (χ1n) is 10.3. The lowest BCUT2D eigenvalue weighted by molar-refractivity contribution is -0.115. The molecule has 142 valence electrons. The first-order chi connectivity index (χ1) is 12.2.